The molecule has 1 amide bonds. The molecule has 8 nitrogen and oxygen atoms in total. The summed E-state index contributed by atoms with van der Waals surface area (Å²) in [4.78, 5) is 19.1. The van der Waals surface area contributed by atoms with Crippen LogP contribution in [0.3, 0.4) is 0 Å². The summed E-state index contributed by atoms with van der Waals surface area (Å²) < 4.78 is 7.53. The maximum Gasteiger partial charge on any atom is 0.324 e. The molecule has 3 aromatic rings. The van der Waals surface area contributed by atoms with E-state index in [0.29, 0.717) is 44.1 Å². The molecule has 0 radical (unpaired) electrons. The van der Waals surface area contributed by atoms with Gasteiger partial charge in [0.1, 0.15) is 0 Å². The number of amides is 1. The summed E-state index contributed by atoms with van der Waals surface area (Å²) >= 11 is 0. The van der Waals surface area contributed by atoms with Gasteiger partial charge in [0.05, 0.1) is 11.6 Å². The first-order chi connectivity index (χ1) is 12.8. The van der Waals surface area contributed by atoms with Crippen LogP contribution >= 0.6 is 0 Å². The van der Waals surface area contributed by atoms with Crippen molar-refractivity contribution in [2.75, 3.05) is 31.1 Å². The summed E-state index contributed by atoms with van der Waals surface area (Å²) in [6.07, 6.45) is 6.73. The second-order valence-corrected chi connectivity index (χ2v) is 7.00. The molecule has 0 bridgehead atoms. The zero-order valence-electron chi connectivity index (χ0n) is 14.4. The summed E-state index contributed by atoms with van der Waals surface area (Å²) in [7, 11) is 0. The Morgan fingerprint density at radius 1 is 1.15 bits per heavy atom. The maximum atomic E-state index is 10.8. The van der Waals surface area contributed by atoms with Gasteiger partial charge in [-0.1, -0.05) is 17.3 Å². The number of nitrogens with zero attached hydrogens (tertiary/aromatic N) is 6. The van der Waals surface area contributed by atoms with Gasteiger partial charge < -0.3 is 14.3 Å². The molecule has 1 saturated heterocycles. The van der Waals surface area contributed by atoms with Crippen LogP contribution in [0.2, 0.25) is 0 Å². The van der Waals surface area contributed by atoms with Gasteiger partial charge in [0.2, 0.25) is 12.2 Å². The average Bonchev–Trinajstić information content (AvgIpc) is 3.26. The first kappa shape index (κ1) is 15.4. The van der Waals surface area contributed by atoms with Gasteiger partial charge in [-0.05, 0) is 25.3 Å². The number of fused-ring (bicyclic) bond motifs is 1. The highest BCUT2D eigenvalue weighted by atomic mass is 16.5. The minimum Gasteiger partial charge on any atom is -0.342 e. The Bertz CT molecular complexity index is 936. The Hall–Kier alpha value is -2.90. The Morgan fingerprint density at radius 3 is 2.73 bits per heavy atom. The van der Waals surface area contributed by atoms with Crippen LogP contribution < -0.4 is 4.90 Å². The van der Waals surface area contributed by atoms with Crippen molar-refractivity contribution in [2.45, 2.75) is 25.3 Å². The number of carbonyl (C=O) groups is 1. The third kappa shape index (κ3) is 2.61. The fourth-order valence-corrected chi connectivity index (χ4v) is 3.49. The smallest absolute Gasteiger partial charge is 0.324 e. The van der Waals surface area contributed by atoms with Crippen molar-refractivity contribution in [3.63, 3.8) is 0 Å². The van der Waals surface area contributed by atoms with Crippen molar-refractivity contribution in [3.05, 3.63) is 24.4 Å². The number of benzene rings is 1. The van der Waals surface area contributed by atoms with Crippen molar-refractivity contribution in [2.24, 2.45) is 0 Å². The van der Waals surface area contributed by atoms with Gasteiger partial charge >= 0.3 is 6.01 Å². The number of piperazine rings is 1. The lowest BCUT2D eigenvalue weighted by molar-refractivity contribution is -0.118. The van der Waals surface area contributed by atoms with Crippen molar-refractivity contribution in [1.29, 1.82) is 0 Å². The fourth-order valence-electron chi connectivity index (χ4n) is 3.49. The summed E-state index contributed by atoms with van der Waals surface area (Å²) in [5.41, 5.74) is 1.86. The van der Waals surface area contributed by atoms with Crippen LogP contribution in [0.5, 0.6) is 0 Å². The molecule has 134 valence electrons. The summed E-state index contributed by atoms with van der Waals surface area (Å²) in [6, 6.07) is 7.14. The standard InChI is InChI=1S/C18H20N6O2/c25-12-22-6-8-23(9-7-22)18-19-17(21-26-18)13-4-5-14-11-24(15-2-1-3-15)20-16(14)10-13/h4-5,10-12,15H,1-3,6-9H2. The highest BCUT2D eigenvalue weighted by molar-refractivity contribution is 5.82. The number of anilines is 1. The van der Waals surface area contributed by atoms with Crippen molar-refractivity contribution < 1.29 is 9.32 Å². The molecule has 0 spiro atoms. The molecule has 2 aromatic heterocycles. The largest absolute Gasteiger partial charge is 0.342 e. The van der Waals surface area contributed by atoms with Crippen molar-refractivity contribution in [3.8, 4) is 11.4 Å². The molecular formula is C18H20N6O2. The van der Waals surface area contributed by atoms with E-state index in [9.17, 15) is 4.79 Å². The molecule has 0 atom stereocenters. The molecule has 0 N–H and O–H groups in total. The summed E-state index contributed by atoms with van der Waals surface area (Å²) in [6.45, 7) is 2.74. The third-order valence-corrected chi connectivity index (χ3v) is 5.38. The molecule has 1 aliphatic heterocycles. The van der Waals surface area contributed by atoms with E-state index in [0.717, 1.165) is 22.9 Å². The quantitative estimate of drug-likeness (QED) is 0.669. The minimum absolute atomic E-state index is 0.505. The lowest BCUT2D eigenvalue weighted by Crippen LogP contribution is -2.45. The molecule has 1 aliphatic carbocycles. The van der Waals surface area contributed by atoms with Crippen LogP contribution in [0.25, 0.3) is 22.3 Å². The average molecular weight is 352 g/mol. The van der Waals surface area contributed by atoms with Crippen molar-refractivity contribution in [1.82, 2.24) is 24.8 Å². The second-order valence-electron chi connectivity index (χ2n) is 7.00. The molecule has 0 unspecified atom stereocenters. The lowest BCUT2D eigenvalue weighted by atomic mass is 9.93. The molecule has 1 aromatic carbocycles. The van der Waals surface area contributed by atoms with E-state index in [-0.39, 0.29) is 0 Å². The zero-order chi connectivity index (χ0) is 17.5. The van der Waals surface area contributed by atoms with Gasteiger partial charge in [0, 0.05) is 43.3 Å². The van der Waals surface area contributed by atoms with Gasteiger partial charge in [0.15, 0.2) is 0 Å². The second kappa shape index (κ2) is 6.12. The van der Waals surface area contributed by atoms with E-state index in [2.05, 4.69) is 27.1 Å². The topological polar surface area (TPSA) is 80.3 Å². The molecule has 5 rings (SSSR count). The van der Waals surface area contributed by atoms with Crippen LogP contribution in [-0.2, 0) is 4.79 Å². The Kier molecular flexibility index (Phi) is 3.62. The molecular weight excluding hydrogens is 332 g/mol. The lowest BCUT2D eigenvalue weighted by Gasteiger charge is -2.30. The minimum atomic E-state index is 0.505. The monoisotopic (exact) mass is 352 g/mol. The van der Waals surface area contributed by atoms with Crippen LogP contribution in [0.15, 0.2) is 28.9 Å². The third-order valence-electron chi connectivity index (χ3n) is 5.38. The molecule has 3 heterocycles. The number of aromatic nitrogens is 4. The number of hydrogen-bond acceptors (Lipinski definition) is 6. The van der Waals surface area contributed by atoms with E-state index >= 15 is 0 Å². The van der Waals surface area contributed by atoms with E-state index in [1.54, 1.807) is 4.90 Å². The molecule has 2 aliphatic rings. The first-order valence-electron chi connectivity index (χ1n) is 9.07. The molecule has 1 saturated carbocycles. The SMILES string of the molecule is O=CN1CCN(c2nc(-c3ccc4cn(C5CCC5)nc4c3)no2)CC1. The number of carbonyl (C=O) groups excluding carboxylic acids is 1. The van der Waals surface area contributed by atoms with E-state index in [1.165, 1.54) is 19.3 Å². The highest BCUT2D eigenvalue weighted by Gasteiger charge is 2.22. The maximum absolute atomic E-state index is 10.8. The zero-order valence-corrected chi connectivity index (χ0v) is 14.4. The van der Waals surface area contributed by atoms with Crippen LogP contribution in [0.4, 0.5) is 6.01 Å². The first-order valence-corrected chi connectivity index (χ1v) is 9.07. The molecule has 2 fully saturated rings. The Morgan fingerprint density at radius 2 is 2.00 bits per heavy atom. The molecule has 8 heteroatoms. The fraction of sp³-hybridized carbons (Fsp3) is 0.444. The van der Waals surface area contributed by atoms with Crippen LogP contribution in [0, 0.1) is 0 Å². The van der Waals surface area contributed by atoms with E-state index < -0.39 is 0 Å². The summed E-state index contributed by atoms with van der Waals surface area (Å²) in [5, 5.41) is 9.98. The normalized spacial score (nSPS) is 18.3. The van der Waals surface area contributed by atoms with Crippen LogP contribution in [0.1, 0.15) is 25.3 Å². The Balaban J connectivity index is 1.38. The number of rotatable bonds is 4. The van der Waals surface area contributed by atoms with Crippen LogP contribution in [-0.4, -0.2) is 57.4 Å². The van der Waals surface area contributed by atoms with Gasteiger partial charge in [-0.15, -0.1) is 0 Å². The van der Waals surface area contributed by atoms with Gasteiger partial charge in [-0.2, -0.15) is 10.1 Å². The van der Waals surface area contributed by atoms with Crippen molar-refractivity contribution >= 4 is 23.3 Å². The summed E-state index contributed by atoms with van der Waals surface area (Å²) in [5.74, 6) is 0.568. The molecule has 26 heavy (non-hydrogen) atoms. The van der Waals surface area contributed by atoms with E-state index in [4.69, 9.17) is 9.62 Å². The van der Waals surface area contributed by atoms with Gasteiger partial charge in [-0.3, -0.25) is 9.48 Å². The highest BCUT2D eigenvalue weighted by Crippen LogP contribution is 2.32. The van der Waals surface area contributed by atoms with Gasteiger partial charge in [-0.25, -0.2) is 0 Å². The Labute approximate surface area is 150 Å². The predicted octanol–water partition coefficient (Wildman–Crippen LogP) is 2.09. The van der Waals surface area contributed by atoms with Gasteiger partial charge in [0.25, 0.3) is 0 Å². The number of hydrogen-bond donors (Lipinski definition) is 0. The predicted molar refractivity (Wildman–Crippen MR) is 95.8 cm³/mol. The van der Waals surface area contributed by atoms with E-state index in [1.807, 2.05) is 17.0 Å².